The van der Waals surface area contributed by atoms with E-state index in [9.17, 15) is 5.11 Å². The molecule has 0 amide bonds. The van der Waals surface area contributed by atoms with Gasteiger partial charge in [0.25, 0.3) is 0 Å². The zero-order valence-electron chi connectivity index (χ0n) is 11.2. The minimum Gasteiger partial charge on any atom is -0.488 e. The predicted molar refractivity (Wildman–Crippen MR) is 72.9 cm³/mol. The van der Waals surface area contributed by atoms with Crippen molar-refractivity contribution in [2.75, 3.05) is 7.05 Å². The van der Waals surface area contributed by atoms with Crippen LogP contribution in [0.4, 0.5) is 0 Å². The number of likely N-dealkylation sites (N-methyl/N-ethyl adjacent to an activating group) is 1. The van der Waals surface area contributed by atoms with Gasteiger partial charge in [-0.05, 0) is 57.4 Å². The molecule has 1 aromatic rings. The van der Waals surface area contributed by atoms with Gasteiger partial charge >= 0.3 is 0 Å². The number of nitrogens with one attached hydrogen (secondary N) is 1. The van der Waals surface area contributed by atoms with Crippen molar-refractivity contribution in [1.29, 1.82) is 0 Å². The second kappa shape index (κ2) is 6.21. The van der Waals surface area contributed by atoms with Crippen LogP contribution in [0.5, 0.6) is 5.75 Å². The zero-order chi connectivity index (χ0) is 13.0. The third-order valence-electron chi connectivity index (χ3n) is 3.66. The molecule has 1 saturated carbocycles. The van der Waals surface area contributed by atoms with Crippen molar-refractivity contribution in [2.45, 2.75) is 50.9 Å². The SMILES string of the molecule is CNC(C)Cc1ccc(OC2CCCC2O)cc1. The van der Waals surface area contributed by atoms with E-state index >= 15 is 0 Å². The van der Waals surface area contributed by atoms with Crippen LogP contribution in [0, 0.1) is 0 Å². The Bertz CT molecular complexity index is 363. The highest BCUT2D eigenvalue weighted by Crippen LogP contribution is 2.24. The molecule has 3 heteroatoms. The number of hydrogen-bond acceptors (Lipinski definition) is 3. The first-order valence-corrected chi connectivity index (χ1v) is 6.80. The maximum atomic E-state index is 9.72. The van der Waals surface area contributed by atoms with Gasteiger partial charge in [-0.1, -0.05) is 12.1 Å². The van der Waals surface area contributed by atoms with E-state index in [0.717, 1.165) is 31.4 Å². The largest absolute Gasteiger partial charge is 0.488 e. The lowest BCUT2D eigenvalue weighted by Gasteiger charge is -2.17. The van der Waals surface area contributed by atoms with Gasteiger partial charge in [-0.25, -0.2) is 0 Å². The highest BCUT2D eigenvalue weighted by Gasteiger charge is 2.26. The van der Waals surface area contributed by atoms with E-state index in [1.54, 1.807) is 0 Å². The summed E-state index contributed by atoms with van der Waals surface area (Å²) in [7, 11) is 1.98. The normalized spacial score (nSPS) is 25.1. The summed E-state index contributed by atoms with van der Waals surface area (Å²) >= 11 is 0. The number of benzene rings is 1. The molecule has 2 rings (SSSR count). The fraction of sp³-hybridized carbons (Fsp3) is 0.600. The summed E-state index contributed by atoms with van der Waals surface area (Å²) < 4.78 is 5.81. The standard InChI is InChI=1S/C15H23NO2/c1-11(16-2)10-12-6-8-13(9-7-12)18-15-5-3-4-14(15)17/h6-9,11,14-17H,3-5,10H2,1-2H3. The Balaban J connectivity index is 1.91. The molecule has 3 unspecified atom stereocenters. The van der Waals surface area contributed by atoms with Gasteiger partial charge in [0.2, 0.25) is 0 Å². The van der Waals surface area contributed by atoms with Gasteiger partial charge in [-0.15, -0.1) is 0 Å². The first-order chi connectivity index (χ1) is 8.69. The number of hydrogen-bond donors (Lipinski definition) is 2. The molecule has 0 saturated heterocycles. The van der Waals surface area contributed by atoms with Crippen LogP contribution in [-0.4, -0.2) is 30.4 Å². The summed E-state index contributed by atoms with van der Waals surface area (Å²) in [6, 6.07) is 8.69. The molecule has 3 atom stereocenters. The van der Waals surface area contributed by atoms with Gasteiger partial charge < -0.3 is 15.2 Å². The van der Waals surface area contributed by atoms with Crippen molar-refractivity contribution in [3.8, 4) is 5.75 Å². The Kier molecular flexibility index (Phi) is 4.61. The minimum atomic E-state index is -0.297. The summed E-state index contributed by atoms with van der Waals surface area (Å²) in [5.74, 6) is 0.863. The summed E-state index contributed by atoms with van der Waals surface area (Å²) in [6.07, 6.45) is 3.58. The second-order valence-corrected chi connectivity index (χ2v) is 5.19. The number of aliphatic hydroxyl groups excluding tert-OH is 1. The van der Waals surface area contributed by atoms with Gasteiger partial charge in [0.05, 0.1) is 6.10 Å². The summed E-state index contributed by atoms with van der Waals surface area (Å²) in [5, 5.41) is 13.0. The number of rotatable bonds is 5. The van der Waals surface area contributed by atoms with Crippen molar-refractivity contribution < 1.29 is 9.84 Å². The molecule has 1 fully saturated rings. The van der Waals surface area contributed by atoms with Gasteiger partial charge in [-0.2, -0.15) is 0 Å². The molecule has 1 aliphatic carbocycles. The van der Waals surface area contributed by atoms with Gasteiger partial charge in [0, 0.05) is 6.04 Å². The quantitative estimate of drug-likeness (QED) is 0.840. The van der Waals surface area contributed by atoms with E-state index in [0.29, 0.717) is 6.04 Å². The molecule has 0 aromatic heterocycles. The van der Waals surface area contributed by atoms with E-state index in [4.69, 9.17) is 4.74 Å². The average Bonchev–Trinajstić information content (AvgIpc) is 2.77. The summed E-state index contributed by atoms with van der Waals surface area (Å²) in [4.78, 5) is 0. The molecule has 0 aliphatic heterocycles. The van der Waals surface area contributed by atoms with E-state index in [2.05, 4.69) is 24.4 Å². The third kappa shape index (κ3) is 3.47. The molecule has 3 nitrogen and oxygen atoms in total. The van der Waals surface area contributed by atoms with Crippen LogP contribution in [-0.2, 0) is 6.42 Å². The monoisotopic (exact) mass is 249 g/mol. The van der Waals surface area contributed by atoms with E-state index in [-0.39, 0.29) is 12.2 Å². The van der Waals surface area contributed by atoms with Crippen molar-refractivity contribution in [1.82, 2.24) is 5.32 Å². The van der Waals surface area contributed by atoms with Gasteiger partial charge in [0.15, 0.2) is 0 Å². The molecule has 1 aromatic carbocycles. The smallest absolute Gasteiger partial charge is 0.124 e. The molecule has 0 spiro atoms. The van der Waals surface area contributed by atoms with Crippen molar-refractivity contribution in [3.05, 3.63) is 29.8 Å². The Morgan fingerprint density at radius 2 is 2.06 bits per heavy atom. The molecule has 0 heterocycles. The molecule has 0 radical (unpaired) electrons. The highest BCUT2D eigenvalue weighted by atomic mass is 16.5. The maximum absolute atomic E-state index is 9.72. The summed E-state index contributed by atoms with van der Waals surface area (Å²) in [5.41, 5.74) is 1.30. The molecule has 18 heavy (non-hydrogen) atoms. The fourth-order valence-corrected chi connectivity index (χ4v) is 2.38. The van der Waals surface area contributed by atoms with E-state index in [1.165, 1.54) is 5.56 Å². The van der Waals surface area contributed by atoms with Crippen LogP contribution in [0.25, 0.3) is 0 Å². The van der Waals surface area contributed by atoms with Crippen molar-refractivity contribution in [2.24, 2.45) is 0 Å². The minimum absolute atomic E-state index is 0.0212. The first kappa shape index (κ1) is 13.4. The van der Waals surface area contributed by atoms with Crippen LogP contribution in [0.3, 0.4) is 0 Å². The van der Waals surface area contributed by atoms with Gasteiger partial charge in [0.1, 0.15) is 11.9 Å². The number of aliphatic hydroxyl groups is 1. The molecule has 0 bridgehead atoms. The fourth-order valence-electron chi connectivity index (χ4n) is 2.38. The van der Waals surface area contributed by atoms with Crippen LogP contribution < -0.4 is 10.1 Å². The number of ether oxygens (including phenoxy) is 1. The van der Waals surface area contributed by atoms with Crippen LogP contribution in [0.15, 0.2) is 24.3 Å². The lowest BCUT2D eigenvalue weighted by molar-refractivity contribution is 0.0604. The van der Waals surface area contributed by atoms with Crippen molar-refractivity contribution >= 4 is 0 Å². The van der Waals surface area contributed by atoms with Crippen LogP contribution in [0.2, 0.25) is 0 Å². The molecule has 1 aliphatic rings. The Morgan fingerprint density at radius 3 is 2.61 bits per heavy atom. The van der Waals surface area contributed by atoms with E-state index < -0.39 is 0 Å². The van der Waals surface area contributed by atoms with Crippen LogP contribution >= 0.6 is 0 Å². The molecular weight excluding hydrogens is 226 g/mol. The topological polar surface area (TPSA) is 41.5 Å². The highest BCUT2D eigenvalue weighted by molar-refractivity contribution is 5.28. The second-order valence-electron chi connectivity index (χ2n) is 5.19. The van der Waals surface area contributed by atoms with E-state index in [1.807, 2.05) is 19.2 Å². The van der Waals surface area contributed by atoms with Crippen LogP contribution in [0.1, 0.15) is 31.7 Å². The summed E-state index contributed by atoms with van der Waals surface area (Å²) in [6.45, 7) is 2.17. The van der Waals surface area contributed by atoms with Crippen molar-refractivity contribution in [3.63, 3.8) is 0 Å². The zero-order valence-corrected chi connectivity index (χ0v) is 11.2. The molecule has 2 N–H and O–H groups in total. The van der Waals surface area contributed by atoms with Gasteiger partial charge in [-0.3, -0.25) is 0 Å². The lowest BCUT2D eigenvalue weighted by Crippen LogP contribution is -2.25. The Hall–Kier alpha value is -1.06. The third-order valence-corrected chi connectivity index (χ3v) is 3.66. The molecular formula is C15H23NO2. The Labute approximate surface area is 109 Å². The maximum Gasteiger partial charge on any atom is 0.124 e. The average molecular weight is 249 g/mol. The predicted octanol–water partition coefficient (Wildman–Crippen LogP) is 2.13. The first-order valence-electron chi connectivity index (χ1n) is 6.80. The lowest BCUT2D eigenvalue weighted by atomic mass is 10.1. The molecule has 100 valence electrons. The Morgan fingerprint density at radius 1 is 1.33 bits per heavy atom.